The van der Waals surface area contributed by atoms with Crippen LogP contribution in [0, 0.1) is 12.4 Å². The van der Waals surface area contributed by atoms with Gasteiger partial charge < -0.3 is 10.6 Å². The molecule has 0 aliphatic carbocycles. The van der Waals surface area contributed by atoms with Gasteiger partial charge in [0, 0.05) is 11.6 Å². The average molecular weight is 367 g/mol. The maximum absolute atomic E-state index is 13.3. The highest BCUT2D eigenvalue weighted by Gasteiger charge is 2.20. The number of nitrogens with zero attached hydrogens (tertiary/aromatic N) is 7. The summed E-state index contributed by atoms with van der Waals surface area (Å²) < 4.78 is 14.6. The minimum Gasteiger partial charge on any atom is -0.368 e. The van der Waals surface area contributed by atoms with Crippen LogP contribution in [-0.2, 0) is 0 Å². The third-order valence-corrected chi connectivity index (χ3v) is 3.87. The second-order valence-electron chi connectivity index (χ2n) is 5.26. The zero-order chi connectivity index (χ0) is 18.3. The summed E-state index contributed by atoms with van der Waals surface area (Å²) in [6, 6.07) is 8.89. The highest BCUT2D eigenvalue weighted by atomic mass is 35.5. The van der Waals surface area contributed by atoms with Gasteiger partial charge in [0.25, 0.3) is 5.82 Å². The summed E-state index contributed by atoms with van der Waals surface area (Å²) in [6.45, 7) is 7.19. The van der Waals surface area contributed by atoms with E-state index in [4.69, 9.17) is 23.9 Å². The second kappa shape index (κ2) is 6.02. The summed E-state index contributed by atoms with van der Waals surface area (Å²) in [7, 11) is 0. The van der Waals surface area contributed by atoms with Crippen LogP contribution in [-0.4, -0.2) is 30.0 Å². The van der Waals surface area contributed by atoms with Crippen LogP contribution >= 0.6 is 11.6 Å². The topological polar surface area (TPSA) is 99.2 Å². The predicted molar refractivity (Wildman–Crippen MR) is 92.9 cm³/mol. The van der Waals surface area contributed by atoms with Crippen LogP contribution < -0.4 is 5.73 Å². The molecular weight excluding hydrogens is 359 g/mol. The number of hydrogen-bond donors (Lipinski definition) is 1. The number of benzene rings is 1. The van der Waals surface area contributed by atoms with Crippen LogP contribution in [0.1, 0.15) is 0 Å². The van der Waals surface area contributed by atoms with Crippen molar-refractivity contribution in [1.82, 2.24) is 30.0 Å². The number of fused-ring (bicyclic) bond motifs is 1. The molecule has 0 amide bonds. The summed E-state index contributed by atoms with van der Waals surface area (Å²) in [5.74, 6) is -0.200. The number of nitrogen functional groups attached to an aromatic ring is 1. The molecule has 4 rings (SSSR count). The van der Waals surface area contributed by atoms with Crippen LogP contribution in [0.2, 0.25) is 5.15 Å². The molecule has 0 spiro atoms. The maximum Gasteiger partial charge on any atom is 0.271 e. The molecule has 126 valence electrons. The number of aromatic nitrogens is 6. The minimum atomic E-state index is -0.379. The van der Waals surface area contributed by atoms with Crippen molar-refractivity contribution < 1.29 is 4.39 Å². The first kappa shape index (κ1) is 15.9. The van der Waals surface area contributed by atoms with E-state index in [1.807, 2.05) is 0 Å². The Hall–Kier alpha value is -3.64. The Morgan fingerprint density at radius 2 is 1.88 bits per heavy atom. The average Bonchev–Trinajstić information content (AvgIpc) is 3.12. The lowest BCUT2D eigenvalue weighted by atomic mass is 10.0. The first-order chi connectivity index (χ1) is 12.6. The molecule has 2 N–H and O–H groups in total. The fraction of sp³-hybridized carbons (Fsp3) is 0. The van der Waals surface area contributed by atoms with Gasteiger partial charge in [-0.15, -0.1) is 10.1 Å². The molecule has 8 nitrogen and oxygen atoms in total. The third-order valence-electron chi connectivity index (χ3n) is 3.67. The summed E-state index contributed by atoms with van der Waals surface area (Å²) in [5, 5.41) is 11.6. The number of nitrogens with two attached hydrogens (primary N) is 1. The van der Waals surface area contributed by atoms with Crippen molar-refractivity contribution in [3.05, 3.63) is 58.8 Å². The molecule has 0 atom stereocenters. The Morgan fingerprint density at radius 1 is 1.12 bits per heavy atom. The third kappa shape index (κ3) is 2.58. The van der Waals surface area contributed by atoms with Gasteiger partial charge in [-0.3, -0.25) is 0 Å². The summed E-state index contributed by atoms with van der Waals surface area (Å²) in [6.07, 6.45) is 0. The fourth-order valence-corrected chi connectivity index (χ4v) is 2.79. The lowest BCUT2D eigenvalue weighted by Crippen LogP contribution is -2.06. The zero-order valence-corrected chi connectivity index (χ0v) is 13.7. The van der Waals surface area contributed by atoms with E-state index < -0.39 is 0 Å². The van der Waals surface area contributed by atoms with E-state index in [0.29, 0.717) is 28.0 Å². The van der Waals surface area contributed by atoms with Gasteiger partial charge >= 0.3 is 0 Å². The first-order valence-electron chi connectivity index (χ1n) is 7.26. The van der Waals surface area contributed by atoms with Crippen molar-refractivity contribution in [2.45, 2.75) is 0 Å². The molecule has 0 bridgehead atoms. The Bertz CT molecular complexity index is 1180. The number of pyridine rings is 1. The second-order valence-corrected chi connectivity index (χ2v) is 5.65. The summed E-state index contributed by atoms with van der Waals surface area (Å²) in [5.41, 5.74) is 8.37. The molecule has 3 aromatic heterocycles. The van der Waals surface area contributed by atoms with Gasteiger partial charge in [0.05, 0.1) is 11.3 Å². The molecule has 0 unspecified atom stereocenters. The van der Waals surface area contributed by atoms with E-state index >= 15 is 0 Å². The molecule has 26 heavy (non-hydrogen) atoms. The Balaban J connectivity index is 2.10. The van der Waals surface area contributed by atoms with Crippen molar-refractivity contribution in [2.75, 3.05) is 5.73 Å². The molecule has 0 saturated carbocycles. The number of halogens is 2. The lowest BCUT2D eigenvalue weighted by molar-refractivity contribution is 0.628. The number of anilines is 1. The van der Waals surface area contributed by atoms with E-state index in [9.17, 15) is 4.39 Å². The quantitative estimate of drug-likeness (QED) is 0.432. The van der Waals surface area contributed by atoms with E-state index in [1.54, 1.807) is 24.3 Å². The Kier molecular flexibility index (Phi) is 3.67. The highest BCUT2D eigenvalue weighted by molar-refractivity contribution is 6.29. The minimum absolute atomic E-state index is 0.0682. The summed E-state index contributed by atoms with van der Waals surface area (Å²) >= 11 is 6.05. The summed E-state index contributed by atoms with van der Waals surface area (Å²) in [4.78, 5) is 11.6. The van der Waals surface area contributed by atoms with Gasteiger partial charge in [0.2, 0.25) is 11.1 Å². The van der Waals surface area contributed by atoms with Gasteiger partial charge in [-0.1, -0.05) is 6.57 Å². The van der Waals surface area contributed by atoms with E-state index in [1.165, 1.54) is 16.6 Å². The molecule has 1 aromatic carbocycles. The molecule has 0 radical (unpaired) electrons. The van der Waals surface area contributed by atoms with Crippen LogP contribution in [0.15, 0.2) is 36.4 Å². The Morgan fingerprint density at radius 3 is 2.62 bits per heavy atom. The van der Waals surface area contributed by atoms with Crippen LogP contribution in [0.25, 0.3) is 32.9 Å². The fourth-order valence-electron chi connectivity index (χ4n) is 2.59. The number of hydrogen-bond acceptors (Lipinski definition) is 6. The zero-order valence-electron chi connectivity index (χ0n) is 12.9. The first-order valence-corrected chi connectivity index (χ1v) is 7.63. The lowest BCUT2D eigenvalue weighted by Gasteiger charge is -2.11. The molecule has 10 heteroatoms. The van der Waals surface area contributed by atoms with Gasteiger partial charge in [-0.2, -0.15) is 4.52 Å². The number of rotatable bonds is 2. The Labute approximate surface area is 150 Å². The molecular formula is C16H8ClFN8. The van der Waals surface area contributed by atoms with E-state index in [2.05, 4.69) is 30.3 Å². The molecule has 0 fully saturated rings. The number of tetrazole rings is 1. The van der Waals surface area contributed by atoms with E-state index in [0.717, 1.165) is 0 Å². The monoisotopic (exact) mass is 366 g/mol. The maximum atomic E-state index is 13.3. The van der Waals surface area contributed by atoms with Crippen molar-refractivity contribution in [1.29, 1.82) is 0 Å². The van der Waals surface area contributed by atoms with Crippen molar-refractivity contribution in [2.24, 2.45) is 0 Å². The van der Waals surface area contributed by atoms with Gasteiger partial charge in [-0.25, -0.2) is 9.37 Å². The van der Waals surface area contributed by atoms with Crippen molar-refractivity contribution >= 4 is 29.0 Å². The van der Waals surface area contributed by atoms with Crippen LogP contribution in [0.3, 0.4) is 0 Å². The van der Waals surface area contributed by atoms with Gasteiger partial charge in [0.15, 0.2) is 5.65 Å². The van der Waals surface area contributed by atoms with Gasteiger partial charge in [0.1, 0.15) is 5.82 Å². The van der Waals surface area contributed by atoms with Crippen LogP contribution in [0.5, 0.6) is 0 Å². The highest BCUT2D eigenvalue weighted by Crippen LogP contribution is 2.36. The molecule has 4 aromatic rings. The molecule has 0 aliphatic rings. The normalized spacial score (nSPS) is 10.8. The molecule has 3 heterocycles. The van der Waals surface area contributed by atoms with Crippen LogP contribution in [0.4, 0.5) is 16.2 Å². The van der Waals surface area contributed by atoms with E-state index in [-0.39, 0.29) is 22.7 Å². The standard InChI is InChI=1S/C16H8ClFN8/c1-20-12-7-9(6-11(17)21-12)13-14(8-2-4-10(18)5-3-8)22-16(19)26-15(13)23-24-25-26/h2-7H,(H2,19,22). The molecule has 0 saturated heterocycles. The SMILES string of the molecule is [C-]#[N+]c1cc(-c2c(-c3ccc(F)cc3)nc(N)n3nnnc23)cc(Cl)n1. The van der Waals surface area contributed by atoms with Crippen molar-refractivity contribution in [3.8, 4) is 22.4 Å². The predicted octanol–water partition coefficient (Wildman–Crippen LogP) is 3.17. The largest absolute Gasteiger partial charge is 0.368 e. The van der Waals surface area contributed by atoms with Gasteiger partial charge in [-0.05, 0) is 57.9 Å². The van der Waals surface area contributed by atoms with Crippen molar-refractivity contribution in [3.63, 3.8) is 0 Å². The smallest absolute Gasteiger partial charge is 0.271 e. The molecule has 0 aliphatic heterocycles.